The molecule has 2 nitrogen and oxygen atoms in total. The molecule has 8 heteroatoms. The lowest BCUT2D eigenvalue weighted by molar-refractivity contribution is -0.369. The summed E-state index contributed by atoms with van der Waals surface area (Å²) in [6.45, 7) is 3.76. The summed E-state index contributed by atoms with van der Waals surface area (Å²) in [5.74, 6) is 0. The van der Waals surface area contributed by atoms with E-state index in [4.69, 9.17) is 0 Å². The van der Waals surface area contributed by atoms with Crippen molar-refractivity contribution in [3.63, 3.8) is 0 Å². The Balaban J connectivity index is 1.63. The van der Waals surface area contributed by atoms with E-state index in [0.717, 1.165) is 49.3 Å². The molecule has 0 N–H and O–H groups in total. The summed E-state index contributed by atoms with van der Waals surface area (Å²) < 4.78 is 61.9. The van der Waals surface area contributed by atoms with Gasteiger partial charge in [-0.05, 0) is 109 Å². The van der Waals surface area contributed by atoms with Crippen molar-refractivity contribution in [3.05, 3.63) is 110 Å². The number of ether oxygens (including phenoxy) is 1. The van der Waals surface area contributed by atoms with Crippen LogP contribution in [0, 0.1) is 13.8 Å². The first kappa shape index (κ1) is 25.0. The van der Waals surface area contributed by atoms with E-state index in [2.05, 4.69) is 41.5 Å². The predicted octanol–water partition coefficient (Wildman–Crippen LogP) is 10.1. The van der Waals surface area contributed by atoms with Gasteiger partial charge in [0.05, 0.1) is 11.1 Å². The lowest BCUT2D eigenvalue weighted by atomic mass is 9.92. The van der Waals surface area contributed by atoms with Gasteiger partial charge >= 0.3 is 12.2 Å². The summed E-state index contributed by atoms with van der Waals surface area (Å²) in [6, 6.07) is 23.3. The topological polar surface area (TPSA) is 12.5 Å². The first-order valence-electron chi connectivity index (χ1n) is 11.0. The minimum atomic E-state index is -4.06. The van der Waals surface area contributed by atoms with Crippen molar-refractivity contribution in [3.8, 4) is 11.1 Å². The summed E-state index contributed by atoms with van der Waals surface area (Å²) >= 11 is 6.95. The Kier molecular flexibility index (Phi) is 6.25. The van der Waals surface area contributed by atoms with E-state index in [9.17, 15) is 17.6 Å². The van der Waals surface area contributed by atoms with E-state index >= 15 is 0 Å². The largest absolute Gasteiger partial charge is 0.388 e. The molecule has 5 rings (SSSR count). The Hall–Kier alpha value is -2.68. The molecule has 4 aromatic carbocycles. The zero-order valence-corrected chi connectivity index (χ0v) is 22.3. The first-order valence-corrected chi connectivity index (χ1v) is 12.6. The summed E-state index contributed by atoms with van der Waals surface area (Å²) in [7, 11) is 0. The van der Waals surface area contributed by atoms with E-state index in [-0.39, 0.29) is 0 Å². The highest BCUT2D eigenvalue weighted by atomic mass is 79.9. The van der Waals surface area contributed by atoms with Gasteiger partial charge < -0.3 is 4.90 Å². The van der Waals surface area contributed by atoms with Gasteiger partial charge in [0.1, 0.15) is 0 Å². The average molecular weight is 621 g/mol. The van der Waals surface area contributed by atoms with Crippen molar-refractivity contribution >= 4 is 48.9 Å². The minimum absolute atomic E-state index is 0.426. The third-order valence-corrected chi connectivity index (χ3v) is 7.19. The average Bonchev–Trinajstić information content (AvgIpc) is 2.99. The van der Waals surface area contributed by atoms with E-state index in [1.54, 1.807) is 0 Å². The Bertz CT molecular complexity index is 1390. The maximum atomic E-state index is 14.2. The molecule has 0 spiro atoms. The highest BCUT2D eigenvalue weighted by molar-refractivity contribution is 9.10. The molecule has 0 unspecified atom stereocenters. The molecule has 36 heavy (non-hydrogen) atoms. The summed E-state index contributed by atoms with van der Waals surface area (Å²) in [6.07, 6.45) is -8.09. The van der Waals surface area contributed by atoms with Gasteiger partial charge in [0.25, 0.3) is 0 Å². The second-order valence-electron chi connectivity index (χ2n) is 8.64. The van der Waals surface area contributed by atoms with Crippen LogP contribution in [0.15, 0.2) is 87.8 Å². The van der Waals surface area contributed by atoms with E-state index in [0.29, 0.717) is 11.1 Å². The van der Waals surface area contributed by atoms with Crippen molar-refractivity contribution < 1.29 is 22.3 Å². The van der Waals surface area contributed by atoms with E-state index in [1.807, 2.05) is 74.5 Å². The molecular weight excluding hydrogens is 602 g/mol. The monoisotopic (exact) mass is 619 g/mol. The molecule has 0 bridgehead atoms. The Morgan fingerprint density at radius 2 is 1.08 bits per heavy atom. The number of anilines is 3. The Morgan fingerprint density at radius 3 is 1.58 bits per heavy atom. The molecule has 0 aromatic heterocycles. The maximum Gasteiger partial charge on any atom is 0.388 e. The van der Waals surface area contributed by atoms with Gasteiger partial charge in [-0.25, -0.2) is 4.74 Å². The normalized spacial score (nSPS) is 15.6. The molecule has 184 valence electrons. The van der Waals surface area contributed by atoms with Crippen LogP contribution in [0.4, 0.5) is 34.6 Å². The van der Waals surface area contributed by atoms with Crippen LogP contribution in [0.1, 0.15) is 22.3 Å². The van der Waals surface area contributed by atoms with Crippen LogP contribution in [0.3, 0.4) is 0 Å². The number of halogens is 6. The number of hydrogen-bond acceptors (Lipinski definition) is 2. The van der Waals surface area contributed by atoms with Crippen LogP contribution in [-0.2, 0) is 17.0 Å². The van der Waals surface area contributed by atoms with Crippen molar-refractivity contribution in [2.75, 3.05) is 4.90 Å². The highest BCUT2D eigenvalue weighted by Crippen LogP contribution is 2.52. The van der Waals surface area contributed by atoms with Gasteiger partial charge in [-0.15, -0.1) is 0 Å². The van der Waals surface area contributed by atoms with E-state index < -0.39 is 23.3 Å². The molecule has 1 aliphatic heterocycles. The maximum absolute atomic E-state index is 14.2. The molecule has 0 saturated carbocycles. The summed E-state index contributed by atoms with van der Waals surface area (Å²) in [5.41, 5.74) is 3.90. The molecule has 0 saturated heterocycles. The lowest BCUT2D eigenvalue weighted by Gasteiger charge is -2.27. The standard InChI is InChI=1S/C28H19Br2F4NO/c1-16-13-23(35(21-8-4-19(29)5-9-21)22-10-6-20(30)7-11-22)14-17(2)26(16)18-3-12-24-25(15-18)28(33,34)36-27(24,31)32/h3-15H,1-2H3. The second-order valence-corrected chi connectivity index (χ2v) is 10.5. The van der Waals surface area contributed by atoms with Crippen LogP contribution < -0.4 is 4.90 Å². The smallest absolute Gasteiger partial charge is 0.310 e. The molecule has 1 heterocycles. The van der Waals surface area contributed by atoms with Gasteiger partial charge in [0.15, 0.2) is 0 Å². The third kappa shape index (κ3) is 4.46. The fraction of sp³-hybridized carbons (Fsp3) is 0.143. The molecule has 0 radical (unpaired) electrons. The van der Waals surface area contributed by atoms with Gasteiger partial charge in [0.2, 0.25) is 0 Å². The fourth-order valence-corrected chi connectivity index (χ4v) is 5.15. The van der Waals surface area contributed by atoms with Gasteiger partial charge in [0, 0.05) is 26.0 Å². The number of alkyl halides is 4. The predicted molar refractivity (Wildman–Crippen MR) is 140 cm³/mol. The van der Waals surface area contributed by atoms with E-state index in [1.165, 1.54) is 6.07 Å². The Morgan fingerprint density at radius 1 is 0.611 bits per heavy atom. The van der Waals surface area contributed by atoms with Crippen LogP contribution in [0.25, 0.3) is 11.1 Å². The fourth-order valence-electron chi connectivity index (χ4n) is 4.62. The number of benzene rings is 4. The first-order chi connectivity index (χ1) is 17.0. The Labute approximate surface area is 222 Å². The lowest BCUT2D eigenvalue weighted by Crippen LogP contribution is -2.17. The molecule has 0 aliphatic carbocycles. The molecular formula is C28H19Br2F4NO. The summed E-state index contributed by atoms with van der Waals surface area (Å²) in [5, 5.41) is 0. The number of rotatable bonds is 4. The minimum Gasteiger partial charge on any atom is -0.310 e. The van der Waals surface area contributed by atoms with Gasteiger partial charge in [-0.1, -0.05) is 37.9 Å². The van der Waals surface area contributed by atoms with Crippen LogP contribution in [0.5, 0.6) is 0 Å². The van der Waals surface area contributed by atoms with Crippen molar-refractivity contribution in [1.82, 2.24) is 0 Å². The number of fused-ring (bicyclic) bond motifs is 1. The number of nitrogens with zero attached hydrogens (tertiary/aromatic N) is 1. The van der Waals surface area contributed by atoms with Crippen LogP contribution >= 0.6 is 31.9 Å². The van der Waals surface area contributed by atoms with Crippen molar-refractivity contribution in [2.24, 2.45) is 0 Å². The molecule has 0 fully saturated rings. The van der Waals surface area contributed by atoms with Gasteiger partial charge in [-0.3, -0.25) is 0 Å². The number of hydrogen-bond donors (Lipinski definition) is 0. The van der Waals surface area contributed by atoms with Crippen molar-refractivity contribution in [2.45, 2.75) is 26.1 Å². The quantitative estimate of drug-likeness (QED) is 0.211. The molecule has 1 aliphatic rings. The molecule has 0 amide bonds. The third-order valence-electron chi connectivity index (χ3n) is 6.14. The zero-order chi connectivity index (χ0) is 25.8. The zero-order valence-electron chi connectivity index (χ0n) is 19.1. The molecule has 4 aromatic rings. The van der Waals surface area contributed by atoms with Gasteiger partial charge in [-0.2, -0.15) is 17.6 Å². The van der Waals surface area contributed by atoms with Crippen molar-refractivity contribution in [1.29, 1.82) is 0 Å². The summed E-state index contributed by atoms with van der Waals surface area (Å²) in [4.78, 5) is 2.09. The number of aryl methyl sites for hydroxylation is 2. The SMILES string of the molecule is Cc1cc(N(c2ccc(Br)cc2)c2ccc(Br)cc2)cc(C)c1-c1ccc2c(c1)C(F)(F)OC2(F)F. The van der Waals surface area contributed by atoms with Crippen LogP contribution in [-0.4, -0.2) is 0 Å². The second kappa shape index (κ2) is 9.01. The molecule has 0 atom stereocenters. The van der Waals surface area contributed by atoms with Crippen LogP contribution in [0.2, 0.25) is 0 Å². The highest BCUT2D eigenvalue weighted by Gasteiger charge is 2.57.